The maximum absolute atomic E-state index is 12.7. The molecule has 0 aromatic heterocycles. The van der Waals surface area contributed by atoms with Crippen molar-refractivity contribution in [1.29, 1.82) is 0 Å². The summed E-state index contributed by atoms with van der Waals surface area (Å²) in [4.78, 5) is 39.7. The van der Waals surface area contributed by atoms with Crippen molar-refractivity contribution < 1.29 is 19.1 Å². The fourth-order valence-corrected chi connectivity index (χ4v) is 3.98. The van der Waals surface area contributed by atoms with Gasteiger partial charge in [0, 0.05) is 19.3 Å². The number of carbonyl (C=O) groups excluding carboxylic acids is 3. The molecule has 2 heterocycles. The van der Waals surface area contributed by atoms with Gasteiger partial charge in [-0.15, -0.1) is 0 Å². The predicted molar refractivity (Wildman–Crippen MR) is 90.6 cm³/mol. The summed E-state index contributed by atoms with van der Waals surface area (Å²) in [6.45, 7) is 1.12. The summed E-state index contributed by atoms with van der Waals surface area (Å²) in [5, 5.41) is 2.87. The highest BCUT2D eigenvalue weighted by Crippen LogP contribution is 2.29. The van der Waals surface area contributed by atoms with Crippen LogP contribution in [0.3, 0.4) is 0 Å². The van der Waals surface area contributed by atoms with E-state index in [-0.39, 0.29) is 30.0 Å². The van der Waals surface area contributed by atoms with E-state index in [1.54, 1.807) is 18.2 Å². The number of urea groups is 1. The molecule has 0 bridgehead atoms. The first-order valence-corrected chi connectivity index (χ1v) is 8.72. The number of benzene rings is 1. The van der Waals surface area contributed by atoms with Crippen LogP contribution < -0.4 is 5.32 Å². The summed E-state index contributed by atoms with van der Waals surface area (Å²) in [6.07, 6.45) is 4.33. The number of nitrogens with one attached hydrogen (secondary N) is 1. The molecule has 1 aromatic carbocycles. The maximum atomic E-state index is 12.7. The summed E-state index contributed by atoms with van der Waals surface area (Å²) in [5.74, 6) is -0.647. The number of imide groups is 1. The topological polar surface area (TPSA) is 79.0 Å². The molecule has 4 rings (SSSR count). The third-order valence-electron chi connectivity index (χ3n) is 5.33. The van der Waals surface area contributed by atoms with Gasteiger partial charge < -0.3 is 15.0 Å². The average molecular weight is 343 g/mol. The van der Waals surface area contributed by atoms with Crippen LogP contribution >= 0.6 is 0 Å². The molecule has 4 amide bonds. The van der Waals surface area contributed by atoms with Crippen molar-refractivity contribution in [2.75, 3.05) is 25.5 Å². The van der Waals surface area contributed by atoms with Gasteiger partial charge in [-0.3, -0.25) is 14.5 Å². The minimum Gasteiger partial charge on any atom is -0.374 e. The Morgan fingerprint density at radius 1 is 1.16 bits per heavy atom. The van der Waals surface area contributed by atoms with Crippen LogP contribution in [0.5, 0.6) is 0 Å². The molecule has 3 aliphatic rings. The standard InChI is InChI=1S/C18H21N3O4/c1-20-16(22)12-7-6-11(10-13(12)17(20)23)19-18(24)21-8-9-25-15-5-3-2-4-14(15)21/h6-7,10,14-15H,2-5,8-9H2,1H3,(H,19,24)/t14-,15-/m0/s1. The van der Waals surface area contributed by atoms with Crippen LogP contribution in [0.1, 0.15) is 46.4 Å². The summed E-state index contributed by atoms with van der Waals surface area (Å²) >= 11 is 0. The second kappa shape index (κ2) is 6.15. The molecule has 1 saturated heterocycles. The minimum absolute atomic E-state index is 0.117. The van der Waals surface area contributed by atoms with Gasteiger partial charge in [0.05, 0.1) is 29.9 Å². The van der Waals surface area contributed by atoms with Crippen molar-refractivity contribution in [3.8, 4) is 0 Å². The van der Waals surface area contributed by atoms with Crippen LogP contribution in [0.2, 0.25) is 0 Å². The lowest BCUT2D eigenvalue weighted by Crippen LogP contribution is -2.55. The molecule has 1 N–H and O–H groups in total. The van der Waals surface area contributed by atoms with Gasteiger partial charge in [-0.1, -0.05) is 12.8 Å². The summed E-state index contributed by atoms with van der Waals surface area (Å²) in [7, 11) is 1.46. The molecule has 1 saturated carbocycles. The van der Waals surface area contributed by atoms with Gasteiger partial charge in [-0.25, -0.2) is 4.79 Å². The largest absolute Gasteiger partial charge is 0.374 e. The van der Waals surface area contributed by atoms with Crippen LogP contribution in [0, 0.1) is 0 Å². The predicted octanol–water partition coefficient (Wildman–Crippen LogP) is 2.09. The van der Waals surface area contributed by atoms with Gasteiger partial charge in [0.25, 0.3) is 11.8 Å². The van der Waals surface area contributed by atoms with Crippen LogP contribution in [-0.2, 0) is 4.74 Å². The molecular weight excluding hydrogens is 322 g/mol. The minimum atomic E-state index is -0.338. The summed E-state index contributed by atoms with van der Waals surface area (Å²) < 4.78 is 5.80. The third-order valence-corrected chi connectivity index (χ3v) is 5.33. The van der Waals surface area contributed by atoms with E-state index in [2.05, 4.69) is 5.32 Å². The number of hydrogen-bond acceptors (Lipinski definition) is 4. The average Bonchev–Trinajstić information content (AvgIpc) is 2.85. The monoisotopic (exact) mass is 343 g/mol. The van der Waals surface area contributed by atoms with Gasteiger partial charge in [0.1, 0.15) is 0 Å². The Balaban J connectivity index is 1.52. The molecule has 1 aromatic rings. The molecule has 132 valence electrons. The van der Waals surface area contributed by atoms with Crippen molar-refractivity contribution in [2.45, 2.75) is 37.8 Å². The van der Waals surface area contributed by atoms with Crippen LogP contribution in [0.25, 0.3) is 0 Å². The number of rotatable bonds is 1. The highest BCUT2D eigenvalue weighted by Gasteiger charge is 2.37. The van der Waals surface area contributed by atoms with E-state index in [9.17, 15) is 14.4 Å². The van der Waals surface area contributed by atoms with Crippen molar-refractivity contribution >= 4 is 23.5 Å². The molecule has 2 atom stereocenters. The van der Waals surface area contributed by atoms with E-state index < -0.39 is 0 Å². The lowest BCUT2D eigenvalue weighted by atomic mass is 9.90. The number of nitrogens with zero attached hydrogens (tertiary/aromatic N) is 2. The number of morpholine rings is 1. The number of fused-ring (bicyclic) bond motifs is 2. The maximum Gasteiger partial charge on any atom is 0.322 e. The molecule has 0 unspecified atom stereocenters. The Labute approximate surface area is 145 Å². The number of hydrogen-bond donors (Lipinski definition) is 1. The van der Waals surface area contributed by atoms with Crippen LogP contribution in [-0.4, -0.2) is 60.0 Å². The third kappa shape index (κ3) is 2.68. The lowest BCUT2D eigenvalue weighted by molar-refractivity contribution is -0.0694. The van der Waals surface area contributed by atoms with Gasteiger partial charge >= 0.3 is 6.03 Å². The molecule has 7 nitrogen and oxygen atoms in total. The number of anilines is 1. The molecule has 0 radical (unpaired) electrons. The highest BCUT2D eigenvalue weighted by atomic mass is 16.5. The molecule has 7 heteroatoms. The van der Waals surface area contributed by atoms with Gasteiger partial charge in [-0.2, -0.15) is 0 Å². The zero-order valence-corrected chi connectivity index (χ0v) is 14.2. The summed E-state index contributed by atoms with van der Waals surface area (Å²) in [5.41, 5.74) is 1.24. The van der Waals surface area contributed by atoms with Crippen molar-refractivity contribution in [2.24, 2.45) is 0 Å². The SMILES string of the molecule is CN1C(=O)c2ccc(NC(=O)N3CCO[C@H]4CCCC[C@@H]43)cc2C1=O. The Hall–Kier alpha value is -2.41. The smallest absolute Gasteiger partial charge is 0.322 e. The fraction of sp³-hybridized carbons (Fsp3) is 0.500. The Morgan fingerprint density at radius 2 is 1.92 bits per heavy atom. The van der Waals surface area contributed by atoms with E-state index >= 15 is 0 Å². The van der Waals surface area contributed by atoms with Crippen molar-refractivity contribution in [1.82, 2.24) is 9.80 Å². The number of amides is 4. The normalized spacial score (nSPS) is 25.6. The van der Waals surface area contributed by atoms with Crippen LogP contribution in [0.4, 0.5) is 10.5 Å². The Kier molecular flexibility index (Phi) is 3.95. The fourth-order valence-electron chi connectivity index (χ4n) is 3.98. The quantitative estimate of drug-likeness (QED) is 0.792. The molecule has 2 fully saturated rings. The van der Waals surface area contributed by atoms with E-state index in [0.717, 1.165) is 30.6 Å². The second-order valence-corrected chi connectivity index (χ2v) is 6.81. The number of ether oxygens (including phenoxy) is 1. The zero-order chi connectivity index (χ0) is 17.6. The molecule has 2 aliphatic heterocycles. The highest BCUT2D eigenvalue weighted by molar-refractivity contribution is 6.21. The van der Waals surface area contributed by atoms with E-state index in [1.807, 2.05) is 4.90 Å². The molecule has 25 heavy (non-hydrogen) atoms. The molecular formula is C18H21N3O4. The summed E-state index contributed by atoms with van der Waals surface area (Å²) in [6, 6.07) is 4.78. The van der Waals surface area contributed by atoms with E-state index in [4.69, 9.17) is 4.74 Å². The van der Waals surface area contributed by atoms with Crippen LogP contribution in [0.15, 0.2) is 18.2 Å². The van der Waals surface area contributed by atoms with E-state index in [0.29, 0.717) is 30.0 Å². The molecule has 0 spiro atoms. The molecule has 1 aliphatic carbocycles. The first kappa shape index (κ1) is 16.1. The zero-order valence-electron chi connectivity index (χ0n) is 14.2. The second-order valence-electron chi connectivity index (χ2n) is 6.81. The van der Waals surface area contributed by atoms with Crippen molar-refractivity contribution in [3.05, 3.63) is 29.3 Å². The first-order valence-electron chi connectivity index (χ1n) is 8.72. The lowest BCUT2D eigenvalue weighted by Gasteiger charge is -2.43. The van der Waals surface area contributed by atoms with Gasteiger partial charge in [0.15, 0.2) is 0 Å². The van der Waals surface area contributed by atoms with E-state index in [1.165, 1.54) is 7.05 Å². The Bertz CT molecular complexity index is 746. The van der Waals surface area contributed by atoms with Gasteiger partial charge in [0.2, 0.25) is 0 Å². The van der Waals surface area contributed by atoms with Gasteiger partial charge in [-0.05, 0) is 31.0 Å². The Morgan fingerprint density at radius 3 is 2.76 bits per heavy atom. The number of carbonyl (C=O) groups is 3. The van der Waals surface area contributed by atoms with Crippen molar-refractivity contribution in [3.63, 3.8) is 0 Å². The first-order chi connectivity index (χ1) is 12.1.